The van der Waals surface area contributed by atoms with Crippen LogP contribution in [0.2, 0.25) is 0 Å². The Balaban J connectivity index is 1.09. The van der Waals surface area contributed by atoms with Crippen molar-refractivity contribution in [2.24, 2.45) is 0 Å². The first kappa shape index (κ1) is 34.8. The summed E-state index contributed by atoms with van der Waals surface area (Å²) in [6, 6.07) is 20.0. The van der Waals surface area contributed by atoms with Gasteiger partial charge >= 0.3 is 0 Å². The fraction of sp³-hybridized carbons (Fsp3) is 0.500. The van der Waals surface area contributed by atoms with E-state index in [0.717, 1.165) is 61.1 Å². The Hall–Kier alpha value is -3.60. The molecule has 2 bridgehead atoms. The molecule has 50 heavy (non-hydrogen) atoms. The molecule has 3 fully saturated rings. The number of rotatable bonds is 9. The van der Waals surface area contributed by atoms with Gasteiger partial charge in [0.15, 0.2) is 0 Å². The minimum Gasteiger partial charge on any atom is -0.339 e. The van der Waals surface area contributed by atoms with Gasteiger partial charge in [0.2, 0.25) is 10.0 Å². The maximum absolute atomic E-state index is 14.7. The molecule has 266 valence electrons. The summed E-state index contributed by atoms with van der Waals surface area (Å²) >= 11 is 0. The van der Waals surface area contributed by atoms with E-state index in [-0.39, 0.29) is 28.1 Å². The maximum Gasteiger partial charge on any atom is 0.254 e. The lowest BCUT2D eigenvalue weighted by atomic mass is 9.70. The van der Waals surface area contributed by atoms with E-state index in [1.807, 2.05) is 11.8 Å². The van der Waals surface area contributed by atoms with Crippen molar-refractivity contribution >= 4 is 27.0 Å². The maximum atomic E-state index is 14.7. The fourth-order valence-electron chi connectivity index (χ4n) is 9.41. The van der Waals surface area contributed by atoms with Gasteiger partial charge in [0, 0.05) is 42.8 Å². The molecular formula is C40H50FN5O3S. The van der Waals surface area contributed by atoms with Crippen molar-refractivity contribution in [2.75, 3.05) is 19.6 Å². The van der Waals surface area contributed by atoms with E-state index in [0.29, 0.717) is 42.3 Å². The molecule has 0 saturated carbocycles. The Kier molecular flexibility index (Phi) is 9.41. The quantitative estimate of drug-likeness (QED) is 0.200. The van der Waals surface area contributed by atoms with Crippen LogP contribution >= 0.6 is 0 Å². The van der Waals surface area contributed by atoms with Crippen LogP contribution in [0.25, 0.3) is 11.0 Å². The molecule has 10 heteroatoms. The zero-order valence-electron chi connectivity index (χ0n) is 30.0. The van der Waals surface area contributed by atoms with Crippen molar-refractivity contribution in [3.63, 3.8) is 0 Å². The number of para-hydroxylation sites is 2. The first-order chi connectivity index (χ1) is 23.9. The number of imidazole rings is 1. The van der Waals surface area contributed by atoms with Crippen molar-refractivity contribution in [2.45, 2.75) is 114 Å². The van der Waals surface area contributed by atoms with Gasteiger partial charge in [-0.25, -0.2) is 22.5 Å². The number of nitrogens with one attached hydrogen (secondary N) is 1. The summed E-state index contributed by atoms with van der Waals surface area (Å²) < 4.78 is 46.1. The Morgan fingerprint density at radius 3 is 2.34 bits per heavy atom. The van der Waals surface area contributed by atoms with Gasteiger partial charge in [0.05, 0.1) is 15.9 Å². The largest absolute Gasteiger partial charge is 0.339 e. The first-order valence-corrected chi connectivity index (χ1v) is 19.7. The highest BCUT2D eigenvalue weighted by Gasteiger charge is 2.44. The highest BCUT2D eigenvalue weighted by atomic mass is 32.2. The van der Waals surface area contributed by atoms with Gasteiger partial charge in [0.25, 0.3) is 5.91 Å². The molecule has 4 aromatic rings. The number of fused-ring (bicyclic) bond motifs is 3. The molecule has 2 atom stereocenters. The third kappa shape index (κ3) is 6.39. The summed E-state index contributed by atoms with van der Waals surface area (Å²) in [5.41, 5.74) is 4.72. The average molecular weight is 700 g/mol. The minimum absolute atomic E-state index is 0.140. The summed E-state index contributed by atoms with van der Waals surface area (Å²) in [5, 5.41) is 0. The second kappa shape index (κ2) is 13.5. The van der Waals surface area contributed by atoms with Crippen LogP contribution in [0.4, 0.5) is 4.39 Å². The van der Waals surface area contributed by atoms with Crippen molar-refractivity contribution in [1.29, 1.82) is 0 Å². The standard InChI is InChI=1S/C40H50FN5O3S/c1-26(2)43-50(48,49)37-16-13-27(3)38(28(37)4)39(47)44-20-17-40(18-21-44,30-9-8-10-31(41)23-30)19-22-45-32-14-15-33(45)25-34(24-32)46-29(5)42-35-11-6-7-12-36(35)46/h6-13,16,23,26,32-34,43H,14-15,17-22,24-25H2,1-5H3. The molecule has 7 rings (SSSR count). The molecule has 3 saturated heterocycles. The zero-order chi connectivity index (χ0) is 35.4. The Bertz CT molecular complexity index is 2000. The molecule has 3 aliphatic rings. The van der Waals surface area contributed by atoms with E-state index in [9.17, 15) is 17.6 Å². The van der Waals surface area contributed by atoms with Gasteiger partial charge in [-0.1, -0.05) is 30.3 Å². The van der Waals surface area contributed by atoms with Crippen LogP contribution in [0, 0.1) is 26.6 Å². The molecule has 0 radical (unpaired) electrons. The van der Waals surface area contributed by atoms with Gasteiger partial charge in [0.1, 0.15) is 11.6 Å². The molecule has 2 unspecified atom stereocenters. The lowest BCUT2D eigenvalue weighted by Gasteiger charge is -2.46. The summed E-state index contributed by atoms with van der Waals surface area (Å²) in [4.78, 5) is 23.7. The number of hydrogen-bond donors (Lipinski definition) is 1. The molecule has 4 heterocycles. The third-order valence-corrected chi connectivity index (χ3v) is 13.6. The SMILES string of the molecule is Cc1ccc(S(=O)(=O)NC(C)C)c(C)c1C(=O)N1CCC(CCN2C3CCC2CC(n2c(C)nc4ccccc42)C3)(c2cccc(F)c2)CC1. The molecule has 3 aliphatic heterocycles. The van der Waals surface area contributed by atoms with E-state index >= 15 is 0 Å². The summed E-state index contributed by atoms with van der Waals surface area (Å²) in [6.07, 6.45) is 6.94. The molecule has 0 aliphatic carbocycles. The van der Waals surface area contributed by atoms with Crippen LogP contribution in [0.1, 0.15) is 97.7 Å². The predicted molar refractivity (Wildman–Crippen MR) is 195 cm³/mol. The summed E-state index contributed by atoms with van der Waals surface area (Å²) in [6.45, 7) is 11.3. The van der Waals surface area contributed by atoms with E-state index in [2.05, 4.69) is 51.4 Å². The lowest BCUT2D eigenvalue weighted by Crippen LogP contribution is -2.49. The van der Waals surface area contributed by atoms with E-state index in [4.69, 9.17) is 4.98 Å². The molecule has 0 spiro atoms. The number of aromatic nitrogens is 2. The van der Waals surface area contributed by atoms with Gasteiger partial charge in [-0.2, -0.15) is 0 Å². The number of carbonyl (C=O) groups excluding carboxylic acids is 1. The van der Waals surface area contributed by atoms with Crippen LogP contribution in [-0.2, 0) is 15.4 Å². The van der Waals surface area contributed by atoms with Gasteiger partial charge in [-0.3, -0.25) is 9.69 Å². The van der Waals surface area contributed by atoms with E-state index < -0.39 is 10.0 Å². The number of hydrogen-bond acceptors (Lipinski definition) is 5. The summed E-state index contributed by atoms with van der Waals surface area (Å²) in [5.74, 6) is 0.710. The number of halogens is 1. The van der Waals surface area contributed by atoms with Gasteiger partial charge in [-0.15, -0.1) is 0 Å². The van der Waals surface area contributed by atoms with Crippen LogP contribution in [0.15, 0.2) is 65.6 Å². The number of likely N-dealkylation sites (tertiary alicyclic amines) is 1. The van der Waals surface area contributed by atoms with Crippen molar-refractivity contribution in [1.82, 2.24) is 24.1 Å². The van der Waals surface area contributed by atoms with Crippen molar-refractivity contribution in [3.05, 3.63) is 94.6 Å². The topological polar surface area (TPSA) is 87.5 Å². The Morgan fingerprint density at radius 1 is 0.960 bits per heavy atom. The van der Waals surface area contributed by atoms with Crippen LogP contribution < -0.4 is 4.72 Å². The fourth-order valence-corrected chi connectivity index (χ4v) is 10.9. The van der Waals surface area contributed by atoms with Gasteiger partial charge in [-0.05, 0) is 139 Å². The lowest BCUT2D eigenvalue weighted by molar-refractivity contribution is 0.0605. The summed E-state index contributed by atoms with van der Waals surface area (Å²) in [7, 11) is -3.77. The predicted octanol–water partition coefficient (Wildman–Crippen LogP) is 7.22. The highest BCUT2D eigenvalue weighted by molar-refractivity contribution is 7.89. The Labute approximate surface area is 296 Å². The number of nitrogens with zero attached hydrogens (tertiary/aromatic N) is 4. The van der Waals surface area contributed by atoms with Gasteiger partial charge < -0.3 is 9.47 Å². The minimum atomic E-state index is -3.77. The normalized spacial score (nSPS) is 22.5. The zero-order valence-corrected chi connectivity index (χ0v) is 30.8. The second-order valence-electron chi connectivity index (χ2n) is 15.3. The van der Waals surface area contributed by atoms with Crippen molar-refractivity contribution in [3.8, 4) is 0 Å². The molecule has 1 amide bonds. The van der Waals surface area contributed by atoms with Crippen LogP contribution in [0.3, 0.4) is 0 Å². The van der Waals surface area contributed by atoms with E-state index in [1.54, 1.807) is 45.0 Å². The Morgan fingerprint density at radius 2 is 1.66 bits per heavy atom. The van der Waals surface area contributed by atoms with Crippen LogP contribution in [0.5, 0.6) is 0 Å². The average Bonchev–Trinajstić information content (AvgIpc) is 3.53. The van der Waals surface area contributed by atoms with Crippen molar-refractivity contribution < 1.29 is 17.6 Å². The number of sulfonamides is 1. The smallest absolute Gasteiger partial charge is 0.254 e. The van der Waals surface area contributed by atoms with E-state index in [1.165, 1.54) is 24.4 Å². The molecule has 1 N–H and O–H groups in total. The number of benzene rings is 3. The molecule has 1 aromatic heterocycles. The molecule has 3 aromatic carbocycles. The number of amides is 1. The molecule has 8 nitrogen and oxygen atoms in total. The third-order valence-electron chi connectivity index (χ3n) is 11.8. The highest BCUT2D eigenvalue weighted by Crippen LogP contribution is 2.45. The number of piperidine rings is 2. The molecular weight excluding hydrogens is 650 g/mol. The monoisotopic (exact) mass is 699 g/mol. The number of aryl methyl sites for hydroxylation is 2. The second-order valence-corrected chi connectivity index (χ2v) is 16.9. The van der Waals surface area contributed by atoms with Crippen LogP contribution in [-0.4, -0.2) is 71.4 Å². The number of carbonyl (C=O) groups is 1. The first-order valence-electron chi connectivity index (χ1n) is 18.2.